The molecule has 6 aromatic carbocycles. The Kier molecular flexibility index (Phi) is 5.91. The molecule has 302 valence electrons. The molecule has 0 saturated carbocycles. The van der Waals surface area contributed by atoms with Crippen LogP contribution < -0.4 is 0 Å². The highest BCUT2D eigenvalue weighted by Gasteiger charge is 2.27. The second-order valence-corrected chi connectivity index (χ2v) is 17.2. The fourth-order valence-corrected chi connectivity index (χ4v) is 7.32. The molecular weight excluding hydrogens is 731 g/mol. The number of rotatable bonds is 6. The summed E-state index contributed by atoms with van der Waals surface area (Å²) in [6.45, 7) is -0.100. The van der Waals surface area contributed by atoms with Crippen LogP contribution >= 0.6 is 0 Å². The second kappa shape index (κ2) is 15.1. The third kappa shape index (κ3) is 7.79. The molecule has 2 heterocycles. The summed E-state index contributed by atoms with van der Waals surface area (Å²) in [7, 11) is 0. The van der Waals surface area contributed by atoms with E-state index in [0.29, 0.717) is 44.5 Å². The third-order valence-electron chi connectivity index (χ3n) is 10.7. The van der Waals surface area contributed by atoms with Gasteiger partial charge >= 0.3 is 0 Å². The fraction of sp³-hybridized carbons (Fsp3) is 0.250. The van der Waals surface area contributed by atoms with Crippen LogP contribution in [0.4, 0.5) is 0 Å². The van der Waals surface area contributed by atoms with Crippen LogP contribution in [0.15, 0.2) is 139 Å². The topological polar surface area (TPSA) is 50.9 Å². The predicted molar refractivity (Wildman–Crippen MR) is 253 cm³/mol. The number of imidazole rings is 1. The van der Waals surface area contributed by atoms with Crippen molar-refractivity contribution in [2.45, 2.75) is 92.1 Å². The van der Waals surface area contributed by atoms with Crippen molar-refractivity contribution in [3.05, 3.63) is 167 Å². The van der Waals surface area contributed by atoms with Crippen molar-refractivity contribution in [3.8, 4) is 67.5 Å². The summed E-state index contributed by atoms with van der Waals surface area (Å²) in [6, 6.07) is 22.4. The molecule has 0 spiro atoms. The molecule has 0 saturated heterocycles. The lowest BCUT2D eigenvalue weighted by molar-refractivity contribution is 0.471. The second-order valence-electron chi connectivity index (χ2n) is 17.2. The van der Waals surface area contributed by atoms with Gasteiger partial charge in [-0.05, 0) is 123 Å². The number of benzene rings is 6. The quantitative estimate of drug-likeness (QED) is 0.182. The molecule has 0 aliphatic heterocycles. The van der Waals surface area contributed by atoms with E-state index in [4.69, 9.17) is 29.7 Å². The van der Waals surface area contributed by atoms with Crippen LogP contribution in [0.1, 0.15) is 116 Å². The molecule has 0 atom stereocenters. The molecular formula is C56H57N3O. The minimum absolute atomic E-state index is 0.115. The molecule has 60 heavy (non-hydrogen) atoms. The first kappa shape index (κ1) is 23.5. The summed E-state index contributed by atoms with van der Waals surface area (Å²) in [6.07, 6.45) is -0.660. The van der Waals surface area contributed by atoms with Gasteiger partial charge in [-0.3, -0.25) is 9.55 Å². The summed E-state index contributed by atoms with van der Waals surface area (Å²) < 4.78 is 165. The summed E-state index contributed by atoms with van der Waals surface area (Å²) in [5.74, 6) is 0.0741. The Balaban J connectivity index is 1.50. The number of para-hydroxylation sites is 1. The maximum Gasteiger partial charge on any atom is 0.149 e. The number of nitrogens with zero attached hydrogens (tertiary/aromatic N) is 3. The Hall–Kier alpha value is -6.26. The van der Waals surface area contributed by atoms with Crippen LogP contribution in [0.25, 0.3) is 72.7 Å². The fourth-order valence-electron chi connectivity index (χ4n) is 7.32. The molecule has 0 fully saturated rings. The van der Waals surface area contributed by atoms with E-state index in [1.165, 1.54) is 18.2 Å². The smallest absolute Gasteiger partial charge is 0.149 e. The van der Waals surface area contributed by atoms with Gasteiger partial charge in [-0.25, -0.2) is 4.98 Å². The van der Waals surface area contributed by atoms with E-state index in [9.17, 15) is 6.48 Å². The average Bonchev–Trinajstić information content (AvgIpc) is 3.16. The lowest BCUT2D eigenvalue weighted by atomic mass is 9.83. The minimum atomic E-state index is -3.57. The monoisotopic (exact) mass is 807 g/mol. The Morgan fingerprint density at radius 3 is 2.00 bits per heavy atom. The zero-order valence-electron chi connectivity index (χ0n) is 53.5. The molecule has 4 heteroatoms. The number of pyridine rings is 1. The van der Waals surface area contributed by atoms with E-state index in [0.717, 1.165) is 5.56 Å². The van der Waals surface area contributed by atoms with Crippen molar-refractivity contribution in [2.75, 3.05) is 0 Å². The van der Waals surface area contributed by atoms with Gasteiger partial charge in [0.15, 0.2) is 0 Å². The van der Waals surface area contributed by atoms with Crippen LogP contribution in [0.2, 0.25) is 0 Å². The number of aromatic hydroxyl groups is 1. The standard InChI is InChI=1S/C56H57N3O/c1-35-20-22-37(23-21-35)39-26-27-57-48(32-39)41-29-40(30-44(31-41)56(9,10)11)45-18-15-19-50-51(45)58-53(47-34-43(55(6,7)8)28-36(2)52(47)60)59(50)49-25-24-42(54(3,4)5)33-46(49)38-16-13-12-14-17-38/h12-34,60H,1-11H3/i1D3,3D3,4D3,5D3,20D,21D,22D,23D,26D,27D,32D. The first-order chi connectivity index (χ1) is 36.2. The number of aryl methyl sites for hydroxylation is 1. The van der Waals surface area contributed by atoms with Gasteiger partial charge in [-0.15, -0.1) is 0 Å². The summed E-state index contributed by atoms with van der Waals surface area (Å²) >= 11 is 0. The first-order valence-corrected chi connectivity index (χ1v) is 19.6. The molecule has 1 N–H and O–H groups in total. The van der Waals surface area contributed by atoms with Crippen LogP contribution in [0, 0.1) is 13.8 Å². The van der Waals surface area contributed by atoms with Gasteiger partial charge in [0.1, 0.15) is 11.6 Å². The van der Waals surface area contributed by atoms with E-state index < -0.39 is 108 Å². The number of hydrogen-bond donors (Lipinski definition) is 1. The van der Waals surface area contributed by atoms with Crippen molar-refractivity contribution in [1.29, 1.82) is 0 Å². The molecule has 8 rings (SSSR count). The van der Waals surface area contributed by atoms with Crippen molar-refractivity contribution in [2.24, 2.45) is 0 Å². The van der Waals surface area contributed by atoms with E-state index in [2.05, 4.69) is 4.98 Å². The Morgan fingerprint density at radius 1 is 0.600 bits per heavy atom. The van der Waals surface area contributed by atoms with Gasteiger partial charge in [0.05, 0.1) is 37.6 Å². The first-order valence-electron chi connectivity index (χ1n) is 29.1. The van der Waals surface area contributed by atoms with Crippen LogP contribution in [-0.4, -0.2) is 19.6 Å². The Morgan fingerprint density at radius 2 is 1.30 bits per heavy atom. The maximum atomic E-state index is 12.1. The van der Waals surface area contributed by atoms with Crippen LogP contribution in [0.3, 0.4) is 0 Å². The van der Waals surface area contributed by atoms with Crippen LogP contribution in [-0.2, 0) is 16.2 Å². The molecule has 0 aliphatic rings. The molecule has 0 bridgehead atoms. The molecule has 2 aromatic heterocycles. The largest absolute Gasteiger partial charge is 0.507 e. The number of fused-ring (bicyclic) bond motifs is 1. The SMILES string of the molecule is [2H]c1nc(-c2cc(-c3cccc4c3nc(-c3cc(C(C)(C)C)cc(C)c3O)n4-c3ccc(C(C([2H])([2H])[2H])(C([2H])([2H])[2H])C([2H])([2H])[2H])cc3-c3ccccc3)cc(C(C)(C)C)c2)c([2H])c(-c2c([2H])c([2H])c(C([2H])([2H])[2H])c([2H])c2[2H])c1[2H]. The Bertz CT molecular complexity index is 3680. The summed E-state index contributed by atoms with van der Waals surface area (Å²) in [5.41, 5.74) is -1.53. The number of phenolic OH excluding ortho intramolecular Hbond substituents is 1. The molecule has 8 aromatic rings. The molecule has 0 aliphatic carbocycles. The average molecular weight is 807 g/mol. The maximum absolute atomic E-state index is 12.1. The zero-order chi connectivity index (χ0) is 58.8. The van der Waals surface area contributed by atoms with Crippen molar-refractivity contribution >= 4 is 11.0 Å². The van der Waals surface area contributed by atoms with Crippen molar-refractivity contribution in [3.63, 3.8) is 0 Å². The van der Waals surface area contributed by atoms with Gasteiger partial charge in [0, 0.05) is 39.3 Å². The predicted octanol–water partition coefficient (Wildman–Crippen LogP) is 15.0. The number of hydrogen-bond acceptors (Lipinski definition) is 3. The van der Waals surface area contributed by atoms with E-state index in [1.807, 2.05) is 59.7 Å². The summed E-state index contributed by atoms with van der Waals surface area (Å²) in [5, 5.41) is 12.1. The molecule has 4 nitrogen and oxygen atoms in total. The highest BCUT2D eigenvalue weighted by molar-refractivity contribution is 5.98. The molecule has 0 radical (unpaired) electrons. The van der Waals surface area contributed by atoms with Gasteiger partial charge in [0.2, 0.25) is 0 Å². The highest BCUT2D eigenvalue weighted by atomic mass is 16.3. The number of phenols is 1. The number of aromatic nitrogens is 3. The van der Waals surface area contributed by atoms with E-state index >= 15 is 0 Å². The minimum Gasteiger partial charge on any atom is -0.507 e. The van der Waals surface area contributed by atoms with Crippen LogP contribution in [0.5, 0.6) is 5.75 Å². The van der Waals surface area contributed by atoms with Crippen molar-refractivity contribution < 1.29 is 31.2 Å². The van der Waals surface area contributed by atoms with Crippen molar-refractivity contribution in [1.82, 2.24) is 14.5 Å². The van der Waals surface area contributed by atoms with Gasteiger partial charge in [0.25, 0.3) is 0 Å². The van der Waals surface area contributed by atoms with E-state index in [-0.39, 0.29) is 34.0 Å². The summed E-state index contributed by atoms with van der Waals surface area (Å²) in [4.78, 5) is 9.74. The lowest BCUT2D eigenvalue weighted by Gasteiger charge is -2.24. The zero-order valence-corrected chi connectivity index (χ0v) is 34.5. The lowest BCUT2D eigenvalue weighted by Crippen LogP contribution is -2.13. The third-order valence-corrected chi connectivity index (χ3v) is 10.7. The van der Waals surface area contributed by atoms with Gasteiger partial charge in [-0.2, -0.15) is 0 Å². The van der Waals surface area contributed by atoms with Gasteiger partial charge < -0.3 is 5.11 Å². The van der Waals surface area contributed by atoms with E-state index in [1.54, 1.807) is 72.2 Å². The normalized spacial score (nSPS) is 17.8. The highest BCUT2D eigenvalue weighted by Crippen LogP contribution is 2.44. The molecule has 0 unspecified atom stereocenters. The Labute approximate surface area is 383 Å². The molecule has 0 amide bonds. The van der Waals surface area contributed by atoms with Gasteiger partial charge in [-0.1, -0.05) is 152 Å².